The number of piperidine rings is 1. The maximum atomic E-state index is 12.9. The first-order valence-corrected chi connectivity index (χ1v) is 11.6. The molecule has 2 heterocycles. The molecule has 0 spiro atoms. The summed E-state index contributed by atoms with van der Waals surface area (Å²) in [6.07, 6.45) is 5.94. The second kappa shape index (κ2) is 9.19. The lowest BCUT2D eigenvalue weighted by molar-refractivity contribution is -0.126. The number of benzene rings is 1. The van der Waals surface area contributed by atoms with Gasteiger partial charge in [0, 0.05) is 36.8 Å². The van der Waals surface area contributed by atoms with Crippen LogP contribution in [0.5, 0.6) is 0 Å². The predicted molar refractivity (Wildman–Crippen MR) is 110 cm³/mol. The van der Waals surface area contributed by atoms with Gasteiger partial charge in [0.2, 0.25) is 15.9 Å². The Kier molecular flexibility index (Phi) is 6.90. The molecule has 152 valence electrons. The fourth-order valence-corrected chi connectivity index (χ4v) is 5.10. The second-order valence-electron chi connectivity index (χ2n) is 7.08. The van der Waals surface area contributed by atoms with Crippen molar-refractivity contribution in [2.45, 2.75) is 37.6 Å². The van der Waals surface area contributed by atoms with Crippen LogP contribution in [0.3, 0.4) is 0 Å². The molecule has 1 N–H and O–H groups in total. The summed E-state index contributed by atoms with van der Waals surface area (Å²) >= 11 is 3.32. The van der Waals surface area contributed by atoms with E-state index in [0.717, 1.165) is 23.0 Å². The molecule has 28 heavy (non-hydrogen) atoms. The first-order valence-electron chi connectivity index (χ1n) is 9.39. The molecule has 0 radical (unpaired) electrons. The molecule has 1 aromatic heterocycles. The molecule has 1 aliphatic rings. The van der Waals surface area contributed by atoms with Gasteiger partial charge in [0.05, 0.1) is 17.0 Å². The van der Waals surface area contributed by atoms with Gasteiger partial charge in [-0.25, -0.2) is 8.42 Å². The average molecular weight is 469 g/mol. The molecule has 1 amide bonds. The van der Waals surface area contributed by atoms with Crippen molar-refractivity contribution in [1.29, 1.82) is 0 Å². The van der Waals surface area contributed by atoms with Crippen LogP contribution in [-0.2, 0) is 21.4 Å². The molecule has 1 saturated heterocycles. The summed E-state index contributed by atoms with van der Waals surface area (Å²) in [5, 5.41) is 7.16. The third-order valence-corrected chi connectivity index (χ3v) is 7.24. The highest BCUT2D eigenvalue weighted by Crippen LogP contribution is 2.25. The minimum Gasteiger partial charge on any atom is -0.356 e. The van der Waals surface area contributed by atoms with E-state index in [2.05, 4.69) is 26.3 Å². The van der Waals surface area contributed by atoms with Gasteiger partial charge in [-0.15, -0.1) is 0 Å². The lowest BCUT2D eigenvalue weighted by atomic mass is 9.99. The third kappa shape index (κ3) is 5.21. The minimum atomic E-state index is -3.58. The van der Waals surface area contributed by atoms with Crippen LogP contribution in [0, 0.1) is 12.8 Å². The van der Waals surface area contributed by atoms with Crippen molar-refractivity contribution >= 4 is 31.9 Å². The fraction of sp³-hybridized carbons (Fsp3) is 0.474. The fourth-order valence-electron chi connectivity index (χ4n) is 3.32. The van der Waals surface area contributed by atoms with Gasteiger partial charge < -0.3 is 5.32 Å². The van der Waals surface area contributed by atoms with E-state index in [1.165, 1.54) is 4.31 Å². The molecular formula is C19H25BrN4O3S. The van der Waals surface area contributed by atoms with Crippen LogP contribution in [0.2, 0.25) is 0 Å². The number of hydrogen-bond acceptors (Lipinski definition) is 4. The molecule has 9 heteroatoms. The monoisotopic (exact) mass is 468 g/mol. The highest BCUT2D eigenvalue weighted by molar-refractivity contribution is 9.10. The van der Waals surface area contributed by atoms with E-state index in [1.54, 1.807) is 30.5 Å². The van der Waals surface area contributed by atoms with Gasteiger partial charge in [0.15, 0.2) is 0 Å². The number of nitrogens with zero attached hydrogens (tertiary/aromatic N) is 3. The number of hydrogen-bond donors (Lipinski definition) is 1. The SMILES string of the molecule is Cc1cnn(CCCNC(=O)C2CCCN(S(=O)(=O)c3ccc(Br)cc3)C2)c1. The van der Waals surface area contributed by atoms with Crippen molar-refractivity contribution in [2.24, 2.45) is 5.92 Å². The number of aromatic nitrogens is 2. The van der Waals surface area contributed by atoms with Gasteiger partial charge >= 0.3 is 0 Å². The van der Waals surface area contributed by atoms with Crippen LogP contribution in [0.4, 0.5) is 0 Å². The van der Waals surface area contributed by atoms with Crippen LogP contribution in [0.15, 0.2) is 46.0 Å². The number of carbonyl (C=O) groups excluding carboxylic acids is 1. The van der Waals surface area contributed by atoms with Crippen molar-refractivity contribution in [2.75, 3.05) is 19.6 Å². The van der Waals surface area contributed by atoms with Gasteiger partial charge in [-0.05, 0) is 56.0 Å². The standard InChI is InChI=1S/C19H25BrN4O3S/c1-15-12-22-23(13-15)10-3-9-21-19(25)16-4-2-11-24(14-16)28(26,27)18-7-5-17(20)6-8-18/h5-8,12-13,16H,2-4,9-11,14H2,1H3,(H,21,25). The molecule has 1 unspecified atom stereocenters. The Labute approximate surface area is 174 Å². The van der Waals surface area contributed by atoms with E-state index in [-0.39, 0.29) is 23.3 Å². The minimum absolute atomic E-state index is 0.0765. The molecule has 1 fully saturated rings. The molecule has 2 aromatic rings. The molecule has 7 nitrogen and oxygen atoms in total. The summed E-state index contributed by atoms with van der Waals surface area (Å²) in [6, 6.07) is 6.59. The van der Waals surface area contributed by atoms with Crippen LogP contribution in [0.1, 0.15) is 24.8 Å². The number of rotatable bonds is 7. The summed E-state index contributed by atoms with van der Waals surface area (Å²) in [5.74, 6) is -0.390. The largest absolute Gasteiger partial charge is 0.356 e. The summed E-state index contributed by atoms with van der Waals surface area (Å²) < 4.78 is 29.8. The molecular weight excluding hydrogens is 444 g/mol. The summed E-state index contributed by atoms with van der Waals surface area (Å²) in [6.45, 7) is 3.95. The summed E-state index contributed by atoms with van der Waals surface area (Å²) in [5.41, 5.74) is 1.11. The van der Waals surface area contributed by atoms with Crippen molar-refractivity contribution < 1.29 is 13.2 Å². The molecule has 0 aliphatic carbocycles. The summed E-state index contributed by atoms with van der Waals surface area (Å²) in [7, 11) is -3.58. The van der Waals surface area contributed by atoms with Gasteiger partial charge in [-0.1, -0.05) is 15.9 Å². The molecule has 0 saturated carbocycles. The second-order valence-corrected chi connectivity index (χ2v) is 9.94. The van der Waals surface area contributed by atoms with Crippen LogP contribution in [0.25, 0.3) is 0 Å². The third-order valence-electron chi connectivity index (χ3n) is 4.83. The first-order chi connectivity index (χ1) is 13.4. The predicted octanol–water partition coefficient (Wildman–Crippen LogP) is 2.56. The van der Waals surface area contributed by atoms with Crippen molar-refractivity contribution in [1.82, 2.24) is 19.4 Å². The van der Waals surface area contributed by atoms with Gasteiger partial charge in [-0.3, -0.25) is 9.48 Å². The van der Waals surface area contributed by atoms with E-state index in [1.807, 2.05) is 17.8 Å². The van der Waals surface area contributed by atoms with E-state index in [9.17, 15) is 13.2 Å². The van der Waals surface area contributed by atoms with E-state index in [4.69, 9.17) is 0 Å². The molecule has 3 rings (SSSR count). The topological polar surface area (TPSA) is 84.3 Å². The number of aryl methyl sites for hydroxylation is 2. The number of halogens is 1. The quantitative estimate of drug-likeness (QED) is 0.632. The smallest absolute Gasteiger partial charge is 0.243 e. The Bertz CT molecular complexity index is 912. The number of nitrogens with one attached hydrogen (secondary N) is 1. The average Bonchev–Trinajstić information content (AvgIpc) is 3.10. The van der Waals surface area contributed by atoms with Crippen LogP contribution in [-0.4, -0.2) is 48.0 Å². The molecule has 1 aromatic carbocycles. The van der Waals surface area contributed by atoms with E-state index in [0.29, 0.717) is 25.9 Å². The van der Waals surface area contributed by atoms with Crippen LogP contribution >= 0.6 is 15.9 Å². The van der Waals surface area contributed by atoms with Gasteiger partial charge in [0.1, 0.15) is 0 Å². The van der Waals surface area contributed by atoms with Gasteiger partial charge in [-0.2, -0.15) is 9.40 Å². The Morgan fingerprint density at radius 1 is 1.32 bits per heavy atom. The molecule has 1 aliphatic heterocycles. The zero-order chi connectivity index (χ0) is 20.1. The summed E-state index contributed by atoms with van der Waals surface area (Å²) in [4.78, 5) is 12.8. The lowest BCUT2D eigenvalue weighted by Gasteiger charge is -2.31. The zero-order valence-corrected chi connectivity index (χ0v) is 18.2. The Morgan fingerprint density at radius 3 is 2.75 bits per heavy atom. The Morgan fingerprint density at radius 2 is 2.07 bits per heavy atom. The molecule has 1 atom stereocenters. The van der Waals surface area contributed by atoms with Crippen molar-refractivity contribution in [3.05, 3.63) is 46.7 Å². The Hall–Kier alpha value is -1.71. The highest BCUT2D eigenvalue weighted by atomic mass is 79.9. The Balaban J connectivity index is 1.52. The van der Waals surface area contributed by atoms with E-state index < -0.39 is 10.0 Å². The first kappa shape index (κ1) is 21.0. The van der Waals surface area contributed by atoms with Crippen LogP contribution < -0.4 is 5.32 Å². The normalized spacial score (nSPS) is 18.1. The highest BCUT2D eigenvalue weighted by Gasteiger charge is 2.33. The number of amides is 1. The van der Waals surface area contributed by atoms with Crippen molar-refractivity contribution in [3.63, 3.8) is 0 Å². The molecule has 0 bridgehead atoms. The maximum Gasteiger partial charge on any atom is 0.243 e. The zero-order valence-electron chi connectivity index (χ0n) is 15.8. The van der Waals surface area contributed by atoms with Gasteiger partial charge in [0.25, 0.3) is 0 Å². The lowest BCUT2D eigenvalue weighted by Crippen LogP contribution is -2.45. The number of sulfonamides is 1. The van der Waals surface area contributed by atoms with E-state index >= 15 is 0 Å². The number of carbonyl (C=O) groups is 1. The van der Waals surface area contributed by atoms with Crippen molar-refractivity contribution in [3.8, 4) is 0 Å². The maximum absolute atomic E-state index is 12.9.